The molecule has 1 fully saturated rings. The van der Waals surface area contributed by atoms with Gasteiger partial charge in [-0.1, -0.05) is 20.8 Å². The lowest BCUT2D eigenvalue weighted by Gasteiger charge is -2.23. The zero-order valence-electron chi connectivity index (χ0n) is 9.01. The predicted molar refractivity (Wildman–Crippen MR) is 54.3 cm³/mol. The summed E-state index contributed by atoms with van der Waals surface area (Å²) in [6.45, 7) is 12.0. The highest BCUT2D eigenvalue weighted by atomic mass is 15.2. The van der Waals surface area contributed by atoms with E-state index in [1.807, 2.05) is 0 Å². The summed E-state index contributed by atoms with van der Waals surface area (Å²) in [4.78, 5) is 2.64. The highest BCUT2D eigenvalue weighted by molar-refractivity contribution is 4.80. The van der Waals surface area contributed by atoms with E-state index in [1.54, 1.807) is 0 Å². The first-order valence-corrected chi connectivity index (χ1v) is 5.39. The maximum Gasteiger partial charge on any atom is 0.00644 e. The highest BCUT2D eigenvalue weighted by Crippen LogP contribution is 2.25. The molecule has 0 spiro atoms. The standard InChI is InChI=1S/C11H23N/c1-5-10(4)12-7-6-11(8-12)9(2)3/h9-11H,5-8H2,1-4H3. The Morgan fingerprint density at radius 3 is 2.42 bits per heavy atom. The molecule has 0 aromatic heterocycles. The summed E-state index contributed by atoms with van der Waals surface area (Å²) in [6.07, 6.45) is 2.72. The van der Waals surface area contributed by atoms with Gasteiger partial charge in [0.1, 0.15) is 0 Å². The SMILES string of the molecule is CCC(C)N1CCC(C(C)C)C1. The van der Waals surface area contributed by atoms with Crippen molar-refractivity contribution in [1.82, 2.24) is 4.90 Å². The van der Waals surface area contributed by atoms with Gasteiger partial charge in [0.2, 0.25) is 0 Å². The Balaban J connectivity index is 2.35. The van der Waals surface area contributed by atoms with E-state index < -0.39 is 0 Å². The monoisotopic (exact) mass is 169 g/mol. The van der Waals surface area contributed by atoms with E-state index in [1.165, 1.54) is 25.9 Å². The minimum atomic E-state index is 0.800. The minimum Gasteiger partial charge on any atom is -0.300 e. The van der Waals surface area contributed by atoms with E-state index in [4.69, 9.17) is 0 Å². The topological polar surface area (TPSA) is 3.24 Å². The molecule has 0 aromatic carbocycles. The smallest absolute Gasteiger partial charge is 0.00644 e. The molecule has 0 aliphatic carbocycles. The molecule has 12 heavy (non-hydrogen) atoms. The van der Waals surface area contributed by atoms with Crippen molar-refractivity contribution in [2.24, 2.45) is 11.8 Å². The zero-order chi connectivity index (χ0) is 9.14. The predicted octanol–water partition coefficient (Wildman–Crippen LogP) is 2.76. The molecule has 1 aliphatic rings. The molecular weight excluding hydrogens is 146 g/mol. The van der Waals surface area contributed by atoms with E-state index in [0.29, 0.717) is 0 Å². The second kappa shape index (κ2) is 4.27. The number of nitrogens with zero attached hydrogens (tertiary/aromatic N) is 1. The van der Waals surface area contributed by atoms with Crippen molar-refractivity contribution < 1.29 is 0 Å². The van der Waals surface area contributed by atoms with Gasteiger partial charge in [-0.2, -0.15) is 0 Å². The number of rotatable bonds is 3. The summed E-state index contributed by atoms with van der Waals surface area (Å²) in [6, 6.07) is 0.800. The van der Waals surface area contributed by atoms with Gasteiger partial charge in [-0.25, -0.2) is 0 Å². The fraction of sp³-hybridized carbons (Fsp3) is 1.00. The molecule has 0 aromatic rings. The Morgan fingerprint density at radius 2 is 2.00 bits per heavy atom. The van der Waals surface area contributed by atoms with E-state index in [9.17, 15) is 0 Å². The third kappa shape index (κ3) is 2.22. The van der Waals surface area contributed by atoms with Crippen LogP contribution in [0.1, 0.15) is 40.5 Å². The average molecular weight is 169 g/mol. The molecule has 1 heteroatoms. The third-order valence-corrected chi connectivity index (χ3v) is 3.41. The lowest BCUT2D eigenvalue weighted by Crippen LogP contribution is -2.30. The van der Waals surface area contributed by atoms with Crippen LogP contribution in [-0.4, -0.2) is 24.0 Å². The largest absolute Gasteiger partial charge is 0.300 e. The van der Waals surface area contributed by atoms with E-state index in [-0.39, 0.29) is 0 Å². The van der Waals surface area contributed by atoms with Crippen LogP contribution >= 0.6 is 0 Å². The summed E-state index contributed by atoms with van der Waals surface area (Å²) >= 11 is 0. The molecule has 1 heterocycles. The van der Waals surface area contributed by atoms with E-state index >= 15 is 0 Å². The van der Waals surface area contributed by atoms with Crippen LogP contribution in [-0.2, 0) is 0 Å². The first-order valence-electron chi connectivity index (χ1n) is 5.39. The second-order valence-electron chi connectivity index (χ2n) is 4.54. The fourth-order valence-electron chi connectivity index (χ4n) is 2.02. The molecule has 2 atom stereocenters. The van der Waals surface area contributed by atoms with Gasteiger partial charge >= 0.3 is 0 Å². The quantitative estimate of drug-likeness (QED) is 0.628. The van der Waals surface area contributed by atoms with Crippen molar-refractivity contribution in [2.45, 2.75) is 46.6 Å². The summed E-state index contributed by atoms with van der Waals surface area (Å²) in [5.41, 5.74) is 0. The van der Waals surface area contributed by atoms with Crippen LogP contribution in [0, 0.1) is 11.8 Å². The van der Waals surface area contributed by atoms with Crippen molar-refractivity contribution in [3.63, 3.8) is 0 Å². The van der Waals surface area contributed by atoms with Gasteiger partial charge in [-0.05, 0) is 38.1 Å². The van der Waals surface area contributed by atoms with Crippen LogP contribution in [0.5, 0.6) is 0 Å². The van der Waals surface area contributed by atoms with Crippen molar-refractivity contribution >= 4 is 0 Å². The average Bonchev–Trinajstić information content (AvgIpc) is 2.51. The first kappa shape index (κ1) is 10.0. The normalized spacial score (nSPS) is 28.2. The van der Waals surface area contributed by atoms with Crippen LogP contribution in [0.15, 0.2) is 0 Å². The summed E-state index contributed by atoms with van der Waals surface area (Å²) in [5, 5.41) is 0. The van der Waals surface area contributed by atoms with Gasteiger partial charge in [0.25, 0.3) is 0 Å². The van der Waals surface area contributed by atoms with Crippen molar-refractivity contribution in [3.8, 4) is 0 Å². The summed E-state index contributed by atoms with van der Waals surface area (Å²) < 4.78 is 0. The molecule has 0 N–H and O–H groups in total. The van der Waals surface area contributed by atoms with Crippen molar-refractivity contribution in [1.29, 1.82) is 0 Å². The van der Waals surface area contributed by atoms with Crippen molar-refractivity contribution in [3.05, 3.63) is 0 Å². The Morgan fingerprint density at radius 1 is 1.33 bits per heavy atom. The molecular formula is C11H23N. The maximum absolute atomic E-state index is 2.64. The number of likely N-dealkylation sites (tertiary alicyclic amines) is 1. The maximum atomic E-state index is 2.64. The molecule has 0 saturated carbocycles. The Kier molecular flexibility index (Phi) is 3.57. The minimum absolute atomic E-state index is 0.800. The van der Waals surface area contributed by atoms with Crippen molar-refractivity contribution in [2.75, 3.05) is 13.1 Å². The van der Waals surface area contributed by atoms with Crippen LogP contribution in [0.2, 0.25) is 0 Å². The molecule has 0 bridgehead atoms. The Labute approximate surface area is 77.1 Å². The molecule has 72 valence electrons. The van der Waals surface area contributed by atoms with Gasteiger partial charge in [-0.3, -0.25) is 0 Å². The summed E-state index contributed by atoms with van der Waals surface area (Å²) in [7, 11) is 0. The van der Waals surface area contributed by atoms with Crippen LogP contribution in [0.25, 0.3) is 0 Å². The number of hydrogen-bond donors (Lipinski definition) is 0. The highest BCUT2D eigenvalue weighted by Gasteiger charge is 2.26. The molecule has 0 amide bonds. The van der Waals surface area contributed by atoms with E-state index in [0.717, 1.165) is 17.9 Å². The third-order valence-electron chi connectivity index (χ3n) is 3.41. The lowest BCUT2D eigenvalue weighted by molar-refractivity contribution is 0.234. The van der Waals surface area contributed by atoms with Crippen LogP contribution in [0.3, 0.4) is 0 Å². The first-order chi connectivity index (χ1) is 5.65. The van der Waals surface area contributed by atoms with Gasteiger partial charge in [0.15, 0.2) is 0 Å². The molecule has 1 nitrogen and oxygen atoms in total. The molecule has 0 radical (unpaired) electrons. The van der Waals surface area contributed by atoms with Gasteiger partial charge in [0, 0.05) is 12.6 Å². The van der Waals surface area contributed by atoms with E-state index in [2.05, 4.69) is 32.6 Å². The number of hydrogen-bond acceptors (Lipinski definition) is 1. The lowest BCUT2D eigenvalue weighted by atomic mass is 9.95. The van der Waals surface area contributed by atoms with Gasteiger partial charge < -0.3 is 4.90 Å². The van der Waals surface area contributed by atoms with Gasteiger partial charge in [-0.15, -0.1) is 0 Å². The second-order valence-corrected chi connectivity index (χ2v) is 4.54. The molecule has 1 saturated heterocycles. The Bertz CT molecular complexity index is 131. The Hall–Kier alpha value is -0.0400. The zero-order valence-corrected chi connectivity index (χ0v) is 9.01. The molecule has 1 aliphatic heterocycles. The van der Waals surface area contributed by atoms with Crippen LogP contribution in [0.4, 0.5) is 0 Å². The molecule has 2 unspecified atom stereocenters. The summed E-state index contributed by atoms with van der Waals surface area (Å²) in [5.74, 6) is 1.83. The molecule has 1 rings (SSSR count). The van der Waals surface area contributed by atoms with Crippen LogP contribution < -0.4 is 0 Å². The van der Waals surface area contributed by atoms with Gasteiger partial charge in [0.05, 0.1) is 0 Å². The fourth-order valence-corrected chi connectivity index (χ4v) is 2.02.